The Morgan fingerprint density at radius 1 is 0.500 bits per heavy atom. The predicted molar refractivity (Wildman–Crippen MR) is 114 cm³/mol. The van der Waals surface area contributed by atoms with Crippen molar-refractivity contribution < 1.29 is 52.7 Å². The van der Waals surface area contributed by atoms with E-state index in [2.05, 4.69) is 0 Å². The summed E-state index contributed by atoms with van der Waals surface area (Å²) >= 11 is 0. The molecule has 4 nitrogen and oxygen atoms in total. The van der Waals surface area contributed by atoms with E-state index < -0.39 is 0 Å². The van der Waals surface area contributed by atoms with Gasteiger partial charge in [-0.15, -0.1) is 9.13 Å². The number of aromatic nitrogens is 2. The molecule has 0 aliphatic rings. The van der Waals surface area contributed by atoms with Gasteiger partial charge in [-0.05, 0) is 22.3 Å². The van der Waals surface area contributed by atoms with Gasteiger partial charge in [0.25, 0.3) is 0 Å². The zero-order chi connectivity index (χ0) is 20.8. The van der Waals surface area contributed by atoms with Gasteiger partial charge < -0.3 is 34.0 Å². The van der Waals surface area contributed by atoms with Gasteiger partial charge >= 0.3 is 11.8 Å². The first-order chi connectivity index (χ1) is 14.7. The molecule has 0 aliphatic heterocycles. The zero-order valence-corrected chi connectivity index (χ0v) is 20.4. The first-order valence-electron chi connectivity index (χ1n) is 9.86. The second kappa shape index (κ2) is 12.2. The van der Waals surface area contributed by atoms with E-state index in [1.54, 1.807) is 33.9 Å². The van der Waals surface area contributed by atoms with Gasteiger partial charge in [0.05, 0.1) is 12.8 Å². The summed E-state index contributed by atoms with van der Waals surface area (Å²) in [6.45, 7) is 0. The average molecular weight is 554 g/mol. The van der Waals surface area contributed by atoms with Crippen LogP contribution in [0.2, 0.25) is 0 Å². The summed E-state index contributed by atoms with van der Waals surface area (Å²) in [4.78, 5) is 24.7. The highest BCUT2D eigenvalue weighted by atomic mass is 79.9. The van der Waals surface area contributed by atoms with Crippen molar-refractivity contribution in [1.29, 1.82) is 0 Å². The number of pyridine rings is 2. The topological polar surface area (TPSA) is 41.9 Å². The molecule has 2 aromatic heterocycles. The number of carbonyl (C=O) groups is 2. The minimum atomic E-state index is 0. The lowest BCUT2D eigenvalue weighted by Crippen LogP contribution is -3.00. The summed E-state index contributed by atoms with van der Waals surface area (Å²) in [6.07, 6.45) is 7.76. The van der Waals surface area contributed by atoms with Crippen LogP contribution < -0.4 is 43.1 Å². The van der Waals surface area contributed by atoms with E-state index in [-0.39, 0.29) is 45.8 Å². The number of hydrogen-bond donors (Lipinski definition) is 0. The molecular formula is C26H22Br2N2O2. The van der Waals surface area contributed by atoms with Crippen LogP contribution >= 0.6 is 0 Å². The fourth-order valence-corrected chi connectivity index (χ4v) is 3.29. The molecule has 6 heteroatoms. The summed E-state index contributed by atoms with van der Waals surface area (Å²) in [5.41, 5.74) is 4.10. The molecule has 0 radical (unpaired) electrons. The average Bonchev–Trinajstić information content (AvgIpc) is 2.81. The van der Waals surface area contributed by atoms with Crippen LogP contribution in [0.5, 0.6) is 0 Å². The molecule has 0 fully saturated rings. The van der Waals surface area contributed by atoms with Crippen molar-refractivity contribution in [2.24, 2.45) is 0 Å². The molecule has 162 valence electrons. The van der Waals surface area contributed by atoms with Crippen molar-refractivity contribution in [2.75, 3.05) is 0 Å². The molecule has 0 bridgehead atoms. The Balaban J connectivity index is 0.00000181. The normalized spacial score (nSPS) is 9.88. The van der Waals surface area contributed by atoms with Crippen LogP contribution in [0.3, 0.4) is 0 Å². The van der Waals surface area contributed by atoms with E-state index in [0.717, 1.165) is 22.3 Å². The van der Waals surface area contributed by atoms with Gasteiger partial charge in [0.2, 0.25) is 0 Å². The Morgan fingerprint density at radius 3 is 1.12 bits per heavy atom. The fourth-order valence-electron chi connectivity index (χ4n) is 3.29. The van der Waals surface area contributed by atoms with Crippen LogP contribution in [-0.2, 0) is 12.8 Å². The van der Waals surface area contributed by atoms with Gasteiger partial charge in [0, 0.05) is 24.3 Å². The van der Waals surface area contributed by atoms with Gasteiger partial charge in [-0.1, -0.05) is 60.7 Å². The first-order valence-corrected chi connectivity index (χ1v) is 9.86. The highest BCUT2D eigenvalue weighted by molar-refractivity contribution is 5.72. The standard InChI is InChI=1S/C26H22N2O2.2BrH/c29-25(27-15-3-1-4-16-27)19-21-7-11-23(12-8-21)24-13-9-22(10-14-24)20-26(30)28-17-5-2-6-18-28;;/h1-18H,19-20H2;2*1H/q+2;;/p-2. The summed E-state index contributed by atoms with van der Waals surface area (Å²) in [7, 11) is 0. The van der Waals surface area contributed by atoms with Crippen LogP contribution in [-0.4, -0.2) is 11.8 Å². The lowest BCUT2D eigenvalue weighted by molar-refractivity contribution is -0.574. The Labute approximate surface area is 208 Å². The number of rotatable bonds is 5. The maximum atomic E-state index is 12.3. The summed E-state index contributed by atoms with van der Waals surface area (Å²) in [6, 6.07) is 27.2. The van der Waals surface area contributed by atoms with Gasteiger partial charge in [-0.2, -0.15) is 0 Å². The van der Waals surface area contributed by atoms with Crippen LogP contribution in [0.25, 0.3) is 11.1 Å². The van der Waals surface area contributed by atoms with Crippen molar-refractivity contribution >= 4 is 11.8 Å². The highest BCUT2D eigenvalue weighted by Crippen LogP contribution is 2.21. The summed E-state index contributed by atoms with van der Waals surface area (Å²) in [5.74, 6) is 0.0716. The van der Waals surface area contributed by atoms with Crippen molar-refractivity contribution in [1.82, 2.24) is 0 Å². The second-order valence-electron chi connectivity index (χ2n) is 7.10. The number of nitrogens with zero attached hydrogens (tertiary/aromatic N) is 2. The van der Waals surface area contributed by atoms with Crippen LogP contribution in [0.4, 0.5) is 0 Å². The molecule has 2 aromatic carbocycles. The third-order valence-electron chi connectivity index (χ3n) is 4.96. The van der Waals surface area contributed by atoms with E-state index >= 15 is 0 Å². The molecule has 0 saturated carbocycles. The third-order valence-corrected chi connectivity index (χ3v) is 4.96. The molecule has 0 amide bonds. The van der Waals surface area contributed by atoms with Crippen molar-refractivity contribution in [2.45, 2.75) is 12.8 Å². The van der Waals surface area contributed by atoms with Gasteiger partial charge in [-0.25, -0.2) is 9.59 Å². The molecule has 2 heterocycles. The smallest absolute Gasteiger partial charge is 0.396 e. The molecule has 4 rings (SSSR count). The number of halogens is 2. The van der Waals surface area contributed by atoms with Crippen LogP contribution in [0, 0.1) is 0 Å². The lowest BCUT2D eigenvalue weighted by Gasteiger charge is -2.05. The fraction of sp³-hybridized carbons (Fsp3) is 0.0769. The monoisotopic (exact) mass is 552 g/mol. The zero-order valence-electron chi connectivity index (χ0n) is 17.3. The SMILES string of the molecule is O=C(Cc1ccc(-c2ccc(CC(=O)[n+]3ccccc3)cc2)cc1)[n+]1ccccc1.[Br-].[Br-]. The summed E-state index contributed by atoms with van der Waals surface area (Å²) < 4.78 is 3.20. The van der Waals surface area contributed by atoms with E-state index in [1.807, 2.05) is 84.9 Å². The van der Waals surface area contributed by atoms with Crippen LogP contribution in [0.1, 0.15) is 20.7 Å². The largest absolute Gasteiger partial charge is 1.00 e. The quantitative estimate of drug-likeness (QED) is 0.261. The van der Waals surface area contributed by atoms with Crippen molar-refractivity contribution in [3.8, 4) is 11.1 Å². The Bertz CT molecular complexity index is 1050. The predicted octanol–water partition coefficient (Wildman–Crippen LogP) is -2.30. The highest BCUT2D eigenvalue weighted by Gasteiger charge is 2.15. The van der Waals surface area contributed by atoms with E-state index in [9.17, 15) is 9.59 Å². The summed E-state index contributed by atoms with van der Waals surface area (Å²) in [5, 5.41) is 0. The van der Waals surface area contributed by atoms with Gasteiger partial charge in [-0.3, -0.25) is 0 Å². The second-order valence-corrected chi connectivity index (χ2v) is 7.10. The molecule has 0 spiro atoms. The Hall–Kier alpha value is -2.96. The molecule has 0 saturated heterocycles. The molecule has 32 heavy (non-hydrogen) atoms. The Kier molecular flexibility index (Phi) is 9.62. The maximum Gasteiger partial charge on any atom is 0.396 e. The number of benzene rings is 2. The van der Waals surface area contributed by atoms with Gasteiger partial charge in [0.1, 0.15) is 0 Å². The third kappa shape index (κ3) is 6.52. The first kappa shape index (κ1) is 25.3. The molecular weight excluding hydrogens is 532 g/mol. The Morgan fingerprint density at radius 2 is 0.812 bits per heavy atom. The van der Waals surface area contributed by atoms with Gasteiger partial charge in [0.15, 0.2) is 24.8 Å². The number of hydrogen-bond acceptors (Lipinski definition) is 2. The molecule has 0 aliphatic carbocycles. The number of carbonyl (C=O) groups excluding carboxylic acids is 2. The lowest BCUT2D eigenvalue weighted by atomic mass is 10.0. The molecule has 0 unspecified atom stereocenters. The van der Waals surface area contributed by atoms with E-state index in [1.165, 1.54) is 0 Å². The van der Waals surface area contributed by atoms with E-state index in [4.69, 9.17) is 0 Å². The van der Waals surface area contributed by atoms with Crippen molar-refractivity contribution in [3.63, 3.8) is 0 Å². The molecule has 0 N–H and O–H groups in total. The van der Waals surface area contributed by atoms with E-state index in [0.29, 0.717) is 12.8 Å². The van der Waals surface area contributed by atoms with Crippen LogP contribution in [0.15, 0.2) is 110 Å². The minimum absolute atomic E-state index is 0. The van der Waals surface area contributed by atoms with Crippen molar-refractivity contribution in [3.05, 3.63) is 121 Å². The maximum absolute atomic E-state index is 12.3. The molecule has 0 atom stereocenters. The minimum Gasteiger partial charge on any atom is -1.00 e. The molecule has 4 aromatic rings.